The Hall–Kier alpha value is -1.33. The summed E-state index contributed by atoms with van der Waals surface area (Å²) < 4.78 is 11.3. The summed E-state index contributed by atoms with van der Waals surface area (Å²) in [6, 6.07) is -0.725. The number of ether oxygens (including phenoxy) is 2. The van der Waals surface area contributed by atoms with E-state index >= 15 is 0 Å². The van der Waals surface area contributed by atoms with Gasteiger partial charge in [0.2, 0.25) is 5.91 Å². The summed E-state index contributed by atoms with van der Waals surface area (Å²) in [6.45, 7) is 3.79. The monoisotopic (exact) mass is 950 g/mol. The molecule has 1 heterocycles. The molecule has 1 amide bonds. The number of aliphatic hydroxyl groups excluding tert-OH is 5. The number of nitrogens with one attached hydrogen (secondary N) is 1. The number of unbranched alkanes of at least 4 members (excludes halogenated alkanes) is 36. The van der Waals surface area contributed by atoms with E-state index in [1.165, 1.54) is 186 Å². The zero-order valence-electron chi connectivity index (χ0n) is 43.9. The van der Waals surface area contributed by atoms with E-state index in [4.69, 9.17) is 9.47 Å². The van der Waals surface area contributed by atoms with Crippen LogP contribution in [0.25, 0.3) is 0 Å². The Labute approximate surface area is 413 Å². The van der Waals surface area contributed by atoms with Crippen molar-refractivity contribution in [3.63, 3.8) is 0 Å². The van der Waals surface area contributed by atoms with E-state index in [9.17, 15) is 30.3 Å². The van der Waals surface area contributed by atoms with Crippen molar-refractivity contribution in [3.05, 3.63) is 24.3 Å². The smallest absolute Gasteiger partial charge is 0.220 e. The molecule has 1 saturated heterocycles. The Morgan fingerprint density at radius 2 is 0.910 bits per heavy atom. The van der Waals surface area contributed by atoms with Crippen molar-refractivity contribution in [2.45, 2.75) is 326 Å². The first kappa shape index (κ1) is 63.7. The molecule has 1 fully saturated rings. The molecule has 6 N–H and O–H groups in total. The molecule has 7 unspecified atom stereocenters. The van der Waals surface area contributed by atoms with Crippen LogP contribution in [0.2, 0.25) is 0 Å². The lowest BCUT2D eigenvalue weighted by molar-refractivity contribution is -0.302. The second-order valence-electron chi connectivity index (χ2n) is 20.4. The second-order valence-corrected chi connectivity index (χ2v) is 20.4. The van der Waals surface area contributed by atoms with E-state index in [1.54, 1.807) is 0 Å². The lowest BCUT2D eigenvalue weighted by Crippen LogP contribution is -2.60. The highest BCUT2D eigenvalue weighted by molar-refractivity contribution is 5.76. The van der Waals surface area contributed by atoms with Crippen molar-refractivity contribution in [2.24, 2.45) is 0 Å². The molecule has 1 rings (SSSR count). The summed E-state index contributed by atoms with van der Waals surface area (Å²) in [4.78, 5) is 13.0. The third kappa shape index (κ3) is 38.1. The van der Waals surface area contributed by atoms with Crippen molar-refractivity contribution < 1.29 is 39.8 Å². The Balaban J connectivity index is 2.11. The summed E-state index contributed by atoms with van der Waals surface area (Å²) in [6.07, 6.45) is 53.7. The summed E-state index contributed by atoms with van der Waals surface area (Å²) in [7, 11) is 0. The van der Waals surface area contributed by atoms with Gasteiger partial charge in [0.1, 0.15) is 24.4 Å². The van der Waals surface area contributed by atoms with E-state index in [0.717, 1.165) is 70.6 Å². The number of carbonyl (C=O) groups excluding carboxylic acids is 1. The van der Waals surface area contributed by atoms with E-state index < -0.39 is 49.5 Å². The van der Waals surface area contributed by atoms with Gasteiger partial charge in [0.15, 0.2) is 6.29 Å². The number of allylic oxidation sites excluding steroid dienone is 4. The number of carbonyl (C=O) groups is 1. The molecule has 1 aliphatic rings. The maximum Gasteiger partial charge on any atom is 0.220 e. The van der Waals surface area contributed by atoms with Crippen LogP contribution >= 0.6 is 0 Å². The van der Waals surface area contributed by atoms with Crippen LogP contribution in [-0.4, -0.2) is 87.5 Å². The van der Waals surface area contributed by atoms with E-state index in [2.05, 4.69) is 43.5 Å². The first-order valence-corrected chi connectivity index (χ1v) is 29.0. The van der Waals surface area contributed by atoms with E-state index in [-0.39, 0.29) is 12.5 Å². The standard InChI is InChI=1S/C58H111NO8/c1-3-5-7-9-11-13-15-17-18-19-20-21-22-23-24-25-26-27-28-29-30-31-32-33-34-36-37-39-41-43-45-47-52(61)51(50-66-58-57(65)56(64)55(63)53(49-60)67-58)59-54(62)48-46-44-42-40-38-35-16-14-12-10-8-6-4-2/h8,10,14,16,51-53,55-58,60-61,63-65H,3-7,9,11-13,15,17-50H2,1-2H3,(H,59,62)/b10-8-,16-14-. The molecule has 1 aliphatic heterocycles. The molecular weight excluding hydrogens is 839 g/mol. The fourth-order valence-electron chi connectivity index (χ4n) is 9.44. The van der Waals surface area contributed by atoms with Gasteiger partial charge >= 0.3 is 0 Å². The fourth-order valence-corrected chi connectivity index (χ4v) is 9.44. The molecule has 0 saturated carbocycles. The van der Waals surface area contributed by atoms with Crippen molar-refractivity contribution in [1.29, 1.82) is 0 Å². The number of aliphatic hydroxyl groups is 5. The van der Waals surface area contributed by atoms with Gasteiger partial charge in [0.25, 0.3) is 0 Å². The van der Waals surface area contributed by atoms with Gasteiger partial charge in [-0.25, -0.2) is 0 Å². The maximum atomic E-state index is 13.0. The Bertz CT molecular complexity index is 1100. The molecule has 67 heavy (non-hydrogen) atoms. The predicted octanol–water partition coefficient (Wildman–Crippen LogP) is 14.2. The van der Waals surface area contributed by atoms with Crippen molar-refractivity contribution in [1.82, 2.24) is 5.32 Å². The van der Waals surface area contributed by atoms with Crippen LogP contribution < -0.4 is 5.32 Å². The average Bonchev–Trinajstić information content (AvgIpc) is 3.33. The average molecular weight is 951 g/mol. The first-order chi connectivity index (χ1) is 32.8. The number of amides is 1. The normalized spacial score (nSPS) is 19.8. The molecule has 0 radical (unpaired) electrons. The van der Waals surface area contributed by atoms with Crippen molar-refractivity contribution >= 4 is 5.91 Å². The molecule has 0 aromatic heterocycles. The lowest BCUT2D eigenvalue weighted by atomic mass is 9.99. The first-order valence-electron chi connectivity index (χ1n) is 29.0. The molecule has 396 valence electrons. The van der Waals surface area contributed by atoms with Crippen LogP contribution in [0.5, 0.6) is 0 Å². The summed E-state index contributed by atoms with van der Waals surface area (Å²) in [5.74, 6) is -0.156. The molecule has 0 aromatic carbocycles. The summed E-state index contributed by atoms with van der Waals surface area (Å²) in [5, 5.41) is 54.6. The van der Waals surface area contributed by atoms with Crippen molar-refractivity contribution in [2.75, 3.05) is 13.2 Å². The lowest BCUT2D eigenvalue weighted by Gasteiger charge is -2.40. The van der Waals surface area contributed by atoms with Gasteiger partial charge in [0, 0.05) is 6.42 Å². The molecule has 9 nitrogen and oxygen atoms in total. The summed E-state index contributed by atoms with van der Waals surface area (Å²) >= 11 is 0. The van der Waals surface area contributed by atoms with Crippen molar-refractivity contribution in [3.8, 4) is 0 Å². The van der Waals surface area contributed by atoms with Gasteiger partial charge in [-0.15, -0.1) is 0 Å². The second kappa shape index (κ2) is 48.3. The number of hydrogen-bond donors (Lipinski definition) is 6. The highest BCUT2D eigenvalue weighted by atomic mass is 16.7. The summed E-state index contributed by atoms with van der Waals surface area (Å²) in [5.41, 5.74) is 0. The molecule has 0 aromatic rings. The minimum atomic E-state index is -1.55. The van der Waals surface area contributed by atoms with Gasteiger partial charge in [-0.1, -0.05) is 263 Å². The maximum absolute atomic E-state index is 13.0. The van der Waals surface area contributed by atoms with Crippen LogP contribution in [0, 0.1) is 0 Å². The predicted molar refractivity (Wildman–Crippen MR) is 281 cm³/mol. The third-order valence-electron chi connectivity index (χ3n) is 14.0. The van der Waals surface area contributed by atoms with Crippen LogP contribution in [0.4, 0.5) is 0 Å². The van der Waals surface area contributed by atoms with E-state index in [1.807, 2.05) is 0 Å². The Morgan fingerprint density at radius 1 is 0.507 bits per heavy atom. The van der Waals surface area contributed by atoms with Crippen LogP contribution in [-0.2, 0) is 14.3 Å². The zero-order chi connectivity index (χ0) is 48.7. The number of rotatable bonds is 50. The highest BCUT2D eigenvalue weighted by Crippen LogP contribution is 2.23. The third-order valence-corrected chi connectivity index (χ3v) is 14.0. The van der Waals surface area contributed by atoms with Crippen LogP contribution in [0.15, 0.2) is 24.3 Å². The quantitative estimate of drug-likeness (QED) is 0.0261. The van der Waals surface area contributed by atoms with Gasteiger partial charge < -0.3 is 40.3 Å². The molecule has 9 heteroatoms. The zero-order valence-corrected chi connectivity index (χ0v) is 43.9. The molecule has 0 aliphatic carbocycles. The Morgan fingerprint density at radius 3 is 1.34 bits per heavy atom. The topological polar surface area (TPSA) is 149 Å². The van der Waals surface area contributed by atoms with Crippen LogP contribution in [0.3, 0.4) is 0 Å². The number of hydrogen-bond acceptors (Lipinski definition) is 8. The van der Waals surface area contributed by atoms with Gasteiger partial charge in [-0.05, 0) is 38.5 Å². The minimum absolute atomic E-state index is 0.142. The minimum Gasteiger partial charge on any atom is -0.394 e. The highest BCUT2D eigenvalue weighted by Gasteiger charge is 2.44. The molecule has 7 atom stereocenters. The van der Waals surface area contributed by atoms with Gasteiger partial charge in [-0.3, -0.25) is 4.79 Å². The molecular formula is C58H111NO8. The van der Waals surface area contributed by atoms with E-state index in [0.29, 0.717) is 12.8 Å². The van der Waals surface area contributed by atoms with Crippen LogP contribution in [0.1, 0.15) is 284 Å². The molecule has 0 spiro atoms. The largest absolute Gasteiger partial charge is 0.394 e. The molecule has 0 bridgehead atoms. The Kier molecular flexibility index (Phi) is 45.9. The van der Waals surface area contributed by atoms with Gasteiger partial charge in [0.05, 0.1) is 25.4 Å². The van der Waals surface area contributed by atoms with Gasteiger partial charge in [-0.2, -0.15) is 0 Å². The fraction of sp³-hybridized carbons (Fsp3) is 0.914. The SMILES string of the molecule is CCC/C=C\C/C=C\CCCCCCCC(=O)NC(COC1OC(CO)C(O)C(O)C1O)C(O)CCCCCCCCCCCCCCCCCCCCCCCCCCCCCCCCC.